The molecule has 24 heavy (non-hydrogen) atoms. The molecule has 1 aliphatic heterocycles. The molecule has 1 aliphatic rings. The van der Waals surface area contributed by atoms with Crippen LogP contribution in [0.25, 0.3) is 0 Å². The summed E-state index contributed by atoms with van der Waals surface area (Å²) in [5, 5.41) is 15.5. The van der Waals surface area contributed by atoms with E-state index in [4.69, 9.17) is 8.83 Å². The molecule has 1 N–H and O–H groups in total. The third kappa shape index (κ3) is 2.48. The zero-order valence-corrected chi connectivity index (χ0v) is 12.6. The largest absolute Gasteiger partial charge is 0.508 e. The van der Waals surface area contributed by atoms with Crippen LogP contribution in [0.2, 0.25) is 0 Å². The summed E-state index contributed by atoms with van der Waals surface area (Å²) in [6.45, 7) is 0. The highest BCUT2D eigenvalue weighted by Crippen LogP contribution is 2.34. The first-order chi connectivity index (χ1) is 11.7. The first-order valence-corrected chi connectivity index (χ1v) is 7.50. The van der Waals surface area contributed by atoms with Gasteiger partial charge in [-0.05, 0) is 36.4 Å². The molecule has 0 fully saturated rings. The number of phenols is 1. The number of rotatable bonds is 3. The van der Waals surface area contributed by atoms with Crippen LogP contribution in [0.1, 0.15) is 34.3 Å². The van der Waals surface area contributed by atoms with Crippen LogP contribution < -0.4 is 0 Å². The molecule has 6 nitrogen and oxygen atoms in total. The fourth-order valence-corrected chi connectivity index (χ4v) is 2.77. The second kappa shape index (κ2) is 5.73. The maximum atomic E-state index is 12.7. The second-order valence-electron chi connectivity index (χ2n) is 5.46. The Morgan fingerprint density at radius 3 is 2.67 bits per heavy atom. The molecular weight excluding hydrogens is 308 g/mol. The lowest BCUT2D eigenvalue weighted by atomic mass is 10.0. The van der Waals surface area contributed by atoms with E-state index in [-0.39, 0.29) is 23.5 Å². The molecule has 0 bridgehead atoms. The summed E-state index contributed by atoms with van der Waals surface area (Å²) >= 11 is 0. The molecule has 0 saturated carbocycles. The molecule has 1 amide bonds. The highest BCUT2D eigenvalue weighted by Gasteiger charge is 2.36. The molecule has 3 heterocycles. The standard InChI is InChI=1S/C18H14N2O4/c21-13-5-1-4-12(10-13)14-11-15(16-6-2-8-23-16)20(19-14)18(22)17-7-3-9-24-17/h1-10,15,21H,11H2/t15-/m1/s1. The molecule has 3 aromatic rings. The van der Waals surface area contributed by atoms with Crippen molar-refractivity contribution in [2.24, 2.45) is 5.10 Å². The number of hydrogen-bond donors (Lipinski definition) is 1. The van der Waals surface area contributed by atoms with Crippen LogP contribution in [0.4, 0.5) is 0 Å². The van der Waals surface area contributed by atoms with E-state index >= 15 is 0 Å². The molecule has 0 saturated heterocycles. The number of amides is 1. The van der Waals surface area contributed by atoms with Crippen molar-refractivity contribution in [1.29, 1.82) is 0 Å². The number of hydrazone groups is 1. The van der Waals surface area contributed by atoms with Crippen LogP contribution in [0, 0.1) is 0 Å². The van der Waals surface area contributed by atoms with Crippen molar-refractivity contribution < 1.29 is 18.7 Å². The lowest BCUT2D eigenvalue weighted by Crippen LogP contribution is -2.26. The number of hydrogen-bond acceptors (Lipinski definition) is 5. The Labute approximate surface area is 137 Å². The molecule has 2 aromatic heterocycles. The van der Waals surface area contributed by atoms with Gasteiger partial charge in [0.25, 0.3) is 0 Å². The zero-order chi connectivity index (χ0) is 16.5. The molecule has 4 rings (SSSR count). The van der Waals surface area contributed by atoms with Crippen molar-refractivity contribution in [2.45, 2.75) is 12.5 Å². The number of furan rings is 2. The van der Waals surface area contributed by atoms with Crippen LogP contribution in [-0.4, -0.2) is 21.7 Å². The van der Waals surface area contributed by atoms with Crippen LogP contribution in [0.3, 0.4) is 0 Å². The van der Waals surface area contributed by atoms with Crippen molar-refractivity contribution in [3.05, 3.63) is 78.1 Å². The first kappa shape index (κ1) is 14.3. The number of aromatic hydroxyl groups is 1. The summed E-state index contributed by atoms with van der Waals surface area (Å²) < 4.78 is 10.7. The maximum Gasteiger partial charge on any atom is 0.310 e. The average molecular weight is 322 g/mol. The molecule has 6 heteroatoms. The normalized spacial score (nSPS) is 17.1. The van der Waals surface area contributed by atoms with E-state index in [1.54, 1.807) is 42.7 Å². The van der Waals surface area contributed by atoms with Gasteiger partial charge >= 0.3 is 5.91 Å². The van der Waals surface area contributed by atoms with E-state index < -0.39 is 0 Å². The topological polar surface area (TPSA) is 79.2 Å². The molecule has 1 atom stereocenters. The summed E-state index contributed by atoms with van der Waals surface area (Å²) in [6, 6.07) is 13.3. The Kier molecular flexibility index (Phi) is 3.42. The van der Waals surface area contributed by atoms with Crippen molar-refractivity contribution in [1.82, 2.24) is 5.01 Å². The lowest BCUT2D eigenvalue weighted by Gasteiger charge is -2.18. The Morgan fingerprint density at radius 2 is 1.96 bits per heavy atom. The van der Waals surface area contributed by atoms with Crippen molar-refractivity contribution in [2.75, 3.05) is 0 Å². The van der Waals surface area contributed by atoms with Crippen molar-refractivity contribution in [3.63, 3.8) is 0 Å². The summed E-state index contributed by atoms with van der Waals surface area (Å²) in [5.41, 5.74) is 1.47. The molecule has 0 aliphatic carbocycles. The predicted molar refractivity (Wildman–Crippen MR) is 85.6 cm³/mol. The van der Waals surface area contributed by atoms with Gasteiger partial charge in [-0.3, -0.25) is 4.79 Å². The van der Waals surface area contributed by atoms with Gasteiger partial charge in [-0.2, -0.15) is 5.10 Å². The Morgan fingerprint density at radius 1 is 1.12 bits per heavy atom. The minimum absolute atomic E-state index is 0.153. The highest BCUT2D eigenvalue weighted by atomic mass is 16.3. The van der Waals surface area contributed by atoms with Crippen molar-refractivity contribution >= 4 is 11.6 Å². The summed E-state index contributed by atoms with van der Waals surface area (Å²) in [4.78, 5) is 12.7. The SMILES string of the molecule is O=C(c1ccco1)N1N=C(c2cccc(O)c2)C[C@@H]1c1ccco1. The first-order valence-electron chi connectivity index (χ1n) is 7.50. The van der Waals surface area contributed by atoms with Gasteiger partial charge in [0.15, 0.2) is 5.76 Å². The fourth-order valence-electron chi connectivity index (χ4n) is 2.77. The molecule has 1 aromatic carbocycles. The van der Waals surface area contributed by atoms with Gasteiger partial charge in [0.1, 0.15) is 17.6 Å². The van der Waals surface area contributed by atoms with E-state index in [9.17, 15) is 9.90 Å². The fraction of sp³-hybridized carbons (Fsp3) is 0.111. The van der Waals surface area contributed by atoms with Gasteiger partial charge in [-0.1, -0.05) is 12.1 Å². The van der Waals surface area contributed by atoms with Gasteiger partial charge in [0, 0.05) is 12.0 Å². The van der Waals surface area contributed by atoms with E-state index in [0.29, 0.717) is 17.9 Å². The maximum absolute atomic E-state index is 12.7. The van der Waals surface area contributed by atoms with Gasteiger partial charge in [-0.25, -0.2) is 5.01 Å². The van der Waals surface area contributed by atoms with E-state index in [1.165, 1.54) is 11.3 Å². The second-order valence-corrected chi connectivity index (χ2v) is 5.46. The van der Waals surface area contributed by atoms with Crippen molar-refractivity contribution in [3.8, 4) is 5.75 Å². The molecule has 0 spiro atoms. The Balaban J connectivity index is 1.72. The van der Waals surface area contributed by atoms with E-state index in [2.05, 4.69) is 5.10 Å². The van der Waals surface area contributed by atoms with Crippen LogP contribution in [0.15, 0.2) is 75.0 Å². The van der Waals surface area contributed by atoms with Crippen LogP contribution in [-0.2, 0) is 0 Å². The lowest BCUT2D eigenvalue weighted by molar-refractivity contribution is 0.0660. The monoisotopic (exact) mass is 322 g/mol. The summed E-state index contributed by atoms with van der Waals surface area (Å²) in [6.07, 6.45) is 3.51. The number of benzene rings is 1. The summed E-state index contributed by atoms with van der Waals surface area (Å²) in [7, 11) is 0. The zero-order valence-electron chi connectivity index (χ0n) is 12.6. The molecule has 0 radical (unpaired) electrons. The minimum Gasteiger partial charge on any atom is -0.508 e. The average Bonchev–Trinajstić information content (AvgIpc) is 3.33. The molecule has 0 unspecified atom stereocenters. The number of nitrogens with zero attached hydrogens (tertiary/aromatic N) is 2. The highest BCUT2D eigenvalue weighted by molar-refractivity contribution is 6.04. The van der Waals surface area contributed by atoms with Gasteiger partial charge in [0.05, 0.1) is 18.2 Å². The van der Waals surface area contributed by atoms with Gasteiger partial charge < -0.3 is 13.9 Å². The minimum atomic E-state index is -0.352. The quantitative estimate of drug-likeness (QED) is 0.799. The van der Waals surface area contributed by atoms with Crippen LogP contribution >= 0.6 is 0 Å². The van der Waals surface area contributed by atoms with Gasteiger partial charge in [-0.15, -0.1) is 0 Å². The van der Waals surface area contributed by atoms with E-state index in [1.807, 2.05) is 12.1 Å². The smallest absolute Gasteiger partial charge is 0.310 e. The van der Waals surface area contributed by atoms with Gasteiger partial charge in [0.2, 0.25) is 0 Å². The number of carbonyl (C=O) groups excluding carboxylic acids is 1. The third-order valence-electron chi connectivity index (χ3n) is 3.90. The Hall–Kier alpha value is -3.28. The Bertz CT molecular complexity index is 882. The number of carbonyl (C=O) groups is 1. The third-order valence-corrected chi connectivity index (χ3v) is 3.90. The van der Waals surface area contributed by atoms with E-state index in [0.717, 1.165) is 5.56 Å². The predicted octanol–water partition coefficient (Wildman–Crippen LogP) is 3.57. The summed E-state index contributed by atoms with van der Waals surface area (Å²) in [5.74, 6) is 0.679. The molecule has 120 valence electrons. The van der Waals surface area contributed by atoms with Crippen LogP contribution in [0.5, 0.6) is 5.75 Å². The molecular formula is C18H14N2O4. The number of phenolic OH excluding ortho intramolecular Hbond substituents is 1.